The smallest absolute Gasteiger partial charge is 0.414 e. The Kier molecular flexibility index (Phi) is 5.43. The van der Waals surface area contributed by atoms with Crippen molar-refractivity contribution in [3.8, 4) is 0 Å². The Morgan fingerprint density at radius 2 is 1.75 bits per heavy atom. The van der Waals surface area contributed by atoms with Crippen LogP contribution < -0.4 is 4.90 Å². The Balaban J connectivity index is 1.34. The zero-order chi connectivity index (χ0) is 22.5. The molecule has 9 heteroatoms. The monoisotopic (exact) mass is 516 g/mol. The molecule has 0 radical (unpaired) electrons. The zero-order valence-electron chi connectivity index (χ0n) is 17.2. The van der Waals surface area contributed by atoms with Crippen molar-refractivity contribution >= 4 is 49.6 Å². The molecule has 0 spiro atoms. The number of fused-ring (bicyclic) bond motifs is 2. The molecule has 0 atom stereocenters. The van der Waals surface area contributed by atoms with E-state index >= 15 is 0 Å². The van der Waals surface area contributed by atoms with Gasteiger partial charge in [0, 0.05) is 35.6 Å². The molecule has 2 aliphatic heterocycles. The maximum Gasteiger partial charge on any atom is 0.414 e. The first-order valence-corrected chi connectivity index (χ1v) is 12.6. The van der Waals surface area contributed by atoms with E-state index in [1.54, 1.807) is 29.2 Å². The van der Waals surface area contributed by atoms with E-state index in [1.165, 1.54) is 10.4 Å². The predicted molar refractivity (Wildman–Crippen MR) is 123 cm³/mol. The number of cyclic esters (lactones) is 1. The van der Waals surface area contributed by atoms with Crippen LogP contribution in [0.25, 0.3) is 6.08 Å². The number of piperidine rings is 1. The van der Waals surface area contributed by atoms with Gasteiger partial charge in [-0.1, -0.05) is 28.1 Å². The number of anilines is 1. The average molecular weight is 517 g/mol. The molecule has 166 valence electrons. The number of ether oxygens (including phenoxy) is 1. The number of carbonyl (C=O) groups is 2. The van der Waals surface area contributed by atoms with Crippen LogP contribution in [0.2, 0.25) is 0 Å². The van der Waals surface area contributed by atoms with Crippen molar-refractivity contribution in [1.29, 1.82) is 0 Å². The summed E-state index contributed by atoms with van der Waals surface area (Å²) in [5, 5.41) is 0. The number of amides is 1. The van der Waals surface area contributed by atoms with Gasteiger partial charge in [0.2, 0.25) is 10.0 Å². The molecule has 0 aromatic heterocycles. The van der Waals surface area contributed by atoms with E-state index in [0.717, 1.165) is 26.9 Å². The number of hydrogen-bond donors (Lipinski definition) is 0. The number of hydrogen-bond acceptors (Lipinski definition) is 5. The summed E-state index contributed by atoms with van der Waals surface area (Å²) in [5.74, 6) is 0.0142. The van der Waals surface area contributed by atoms with Crippen LogP contribution in [0.15, 0.2) is 51.8 Å². The van der Waals surface area contributed by atoms with Gasteiger partial charge in [0.15, 0.2) is 5.78 Å². The molecule has 2 aromatic carbocycles. The fraction of sp³-hybridized carbons (Fsp3) is 0.304. The fourth-order valence-electron chi connectivity index (χ4n) is 4.53. The molecular weight excluding hydrogens is 496 g/mol. The minimum absolute atomic E-state index is 0.0142. The maximum absolute atomic E-state index is 13.2. The van der Waals surface area contributed by atoms with Gasteiger partial charge >= 0.3 is 6.09 Å². The van der Waals surface area contributed by atoms with Crippen LogP contribution in [0.5, 0.6) is 0 Å². The number of sulfonamides is 1. The predicted octanol–water partition coefficient (Wildman–Crippen LogP) is 3.90. The molecule has 1 amide bonds. The van der Waals surface area contributed by atoms with Gasteiger partial charge in [0.25, 0.3) is 0 Å². The Morgan fingerprint density at radius 1 is 0.969 bits per heavy atom. The van der Waals surface area contributed by atoms with Gasteiger partial charge in [-0.2, -0.15) is 4.31 Å². The highest BCUT2D eigenvalue weighted by Crippen LogP contribution is 2.34. The molecule has 2 heterocycles. The molecule has 32 heavy (non-hydrogen) atoms. The number of rotatable bonds is 3. The largest absolute Gasteiger partial charge is 0.444 e. The highest BCUT2D eigenvalue weighted by molar-refractivity contribution is 9.10. The molecular formula is C23H21BrN2O5S. The van der Waals surface area contributed by atoms with Gasteiger partial charge < -0.3 is 4.74 Å². The Labute approximate surface area is 194 Å². The van der Waals surface area contributed by atoms with Crippen molar-refractivity contribution in [2.75, 3.05) is 18.0 Å². The zero-order valence-corrected chi connectivity index (χ0v) is 19.6. The highest BCUT2D eigenvalue weighted by atomic mass is 79.9. The number of ketones is 1. The Bertz CT molecular complexity index is 1250. The third-order valence-corrected chi connectivity index (χ3v) is 8.59. The number of benzene rings is 2. The lowest BCUT2D eigenvalue weighted by Crippen LogP contribution is -2.50. The van der Waals surface area contributed by atoms with Crippen LogP contribution in [0.3, 0.4) is 0 Å². The third-order valence-electron chi connectivity index (χ3n) is 6.21. The first-order chi connectivity index (χ1) is 15.3. The normalized spacial score (nSPS) is 19.5. The molecule has 7 nitrogen and oxygen atoms in total. The Hall–Kier alpha value is -2.49. The van der Waals surface area contributed by atoms with Crippen LogP contribution in [0.4, 0.5) is 10.5 Å². The summed E-state index contributed by atoms with van der Waals surface area (Å²) in [6.07, 6.45) is 4.09. The van der Waals surface area contributed by atoms with Crippen molar-refractivity contribution in [3.05, 3.63) is 63.6 Å². The molecule has 3 aliphatic rings. The third kappa shape index (κ3) is 3.78. The summed E-state index contributed by atoms with van der Waals surface area (Å²) in [6, 6.07) is 10.5. The van der Waals surface area contributed by atoms with E-state index in [9.17, 15) is 18.0 Å². The van der Waals surface area contributed by atoms with Crippen LogP contribution in [-0.2, 0) is 32.6 Å². The van der Waals surface area contributed by atoms with Crippen LogP contribution in [0.1, 0.15) is 29.5 Å². The van der Waals surface area contributed by atoms with E-state index in [-0.39, 0.29) is 23.3 Å². The molecule has 0 N–H and O–H groups in total. The van der Waals surface area contributed by atoms with Gasteiger partial charge in [-0.3, -0.25) is 9.69 Å². The molecule has 1 aliphatic carbocycles. The second-order valence-corrected chi connectivity index (χ2v) is 11.0. The lowest BCUT2D eigenvalue weighted by molar-refractivity contribution is -0.114. The number of halogens is 1. The lowest BCUT2D eigenvalue weighted by atomic mass is 9.97. The van der Waals surface area contributed by atoms with Crippen LogP contribution >= 0.6 is 15.9 Å². The van der Waals surface area contributed by atoms with E-state index in [2.05, 4.69) is 15.9 Å². The summed E-state index contributed by atoms with van der Waals surface area (Å²) < 4.78 is 34.2. The van der Waals surface area contributed by atoms with Gasteiger partial charge in [-0.25, -0.2) is 13.2 Å². The molecule has 0 unspecified atom stereocenters. The van der Waals surface area contributed by atoms with E-state index in [4.69, 9.17) is 4.74 Å². The second kappa shape index (κ2) is 8.13. The van der Waals surface area contributed by atoms with Gasteiger partial charge in [-0.15, -0.1) is 0 Å². The number of allylic oxidation sites excluding steroid dienone is 1. The van der Waals surface area contributed by atoms with Crippen molar-refractivity contribution in [3.63, 3.8) is 0 Å². The van der Waals surface area contributed by atoms with Crippen molar-refractivity contribution in [2.45, 2.75) is 36.8 Å². The number of nitrogens with zero attached hydrogens (tertiary/aromatic N) is 2. The minimum atomic E-state index is -3.67. The molecule has 5 rings (SSSR count). The summed E-state index contributed by atoms with van der Waals surface area (Å²) in [4.78, 5) is 26.0. The van der Waals surface area contributed by atoms with Gasteiger partial charge in [0.05, 0.1) is 10.6 Å². The van der Waals surface area contributed by atoms with Crippen molar-refractivity contribution in [2.24, 2.45) is 0 Å². The minimum Gasteiger partial charge on any atom is -0.444 e. The Morgan fingerprint density at radius 3 is 2.53 bits per heavy atom. The van der Waals surface area contributed by atoms with Crippen LogP contribution in [-0.4, -0.2) is 43.7 Å². The molecule has 0 saturated carbocycles. The molecule has 1 saturated heterocycles. The first kappa shape index (κ1) is 21.4. The van der Waals surface area contributed by atoms with Crippen LogP contribution in [0, 0.1) is 0 Å². The highest BCUT2D eigenvalue weighted by Gasteiger charge is 2.37. The lowest BCUT2D eigenvalue weighted by Gasteiger charge is -2.39. The quantitative estimate of drug-likeness (QED) is 0.617. The van der Waals surface area contributed by atoms with E-state index in [1.807, 2.05) is 18.2 Å². The SMILES string of the molecule is O=C1C=Cc2cc(S(=O)(=O)N3CCC(N4C(=O)OCc5cc(Br)ccc54)CC3)ccc2C1. The summed E-state index contributed by atoms with van der Waals surface area (Å²) in [6.45, 7) is 0.859. The summed E-state index contributed by atoms with van der Waals surface area (Å²) in [5.41, 5.74) is 3.35. The van der Waals surface area contributed by atoms with Crippen molar-refractivity contribution < 1.29 is 22.7 Å². The van der Waals surface area contributed by atoms with E-state index < -0.39 is 16.1 Å². The van der Waals surface area contributed by atoms with Gasteiger partial charge in [-0.05, 0) is 60.4 Å². The average Bonchev–Trinajstić information content (AvgIpc) is 2.79. The molecule has 1 fully saturated rings. The molecule has 2 aromatic rings. The first-order valence-electron chi connectivity index (χ1n) is 10.4. The second-order valence-electron chi connectivity index (χ2n) is 8.17. The number of carbonyl (C=O) groups excluding carboxylic acids is 2. The maximum atomic E-state index is 13.2. The molecule has 0 bridgehead atoms. The van der Waals surface area contributed by atoms with Crippen molar-refractivity contribution in [1.82, 2.24) is 4.31 Å². The fourth-order valence-corrected chi connectivity index (χ4v) is 6.44. The topological polar surface area (TPSA) is 84.0 Å². The standard InChI is InChI=1S/C23H21BrN2O5S/c24-18-3-6-22-17(11-18)14-31-23(28)26(22)19-7-9-25(10-8-19)32(29,30)21-5-2-15-12-20(27)4-1-16(15)13-21/h1-6,11,13,19H,7-10,12,14H2. The summed E-state index contributed by atoms with van der Waals surface area (Å²) >= 11 is 3.45. The van der Waals surface area contributed by atoms with Gasteiger partial charge in [0.1, 0.15) is 6.61 Å². The van der Waals surface area contributed by atoms with E-state index in [0.29, 0.717) is 32.4 Å². The summed E-state index contributed by atoms with van der Waals surface area (Å²) in [7, 11) is -3.67.